The highest BCUT2D eigenvalue weighted by molar-refractivity contribution is 5.23. The van der Waals surface area contributed by atoms with Crippen molar-refractivity contribution in [3.8, 4) is 0 Å². The van der Waals surface area contributed by atoms with E-state index in [2.05, 4.69) is 0 Å². The lowest BCUT2D eigenvalue weighted by molar-refractivity contribution is -0.439. The van der Waals surface area contributed by atoms with Gasteiger partial charge in [0, 0.05) is 22.3 Å². The Labute approximate surface area is 585 Å². The van der Waals surface area contributed by atoms with Crippen molar-refractivity contribution in [1.29, 1.82) is 0 Å². The Bertz CT molecular complexity index is 3810. The van der Waals surface area contributed by atoms with Crippen molar-refractivity contribution in [2.75, 3.05) is 26.4 Å². The fraction of sp³-hybridized carbons (Fsp3) is 0.400. The van der Waals surface area contributed by atoms with Crippen LogP contribution in [0.4, 0.5) is 0 Å². The van der Waals surface area contributed by atoms with E-state index in [1.54, 1.807) is 0 Å². The molecular weight excluding hydrogens is 1300 g/mol. The molecule has 8 aliphatic rings. The Hall–Kier alpha value is -7.08. The van der Waals surface area contributed by atoms with E-state index < -0.39 is 148 Å². The number of benzene rings is 8. The standard InChI is InChI=1S/C80H82O21/c81-61-66(83-41-49-25-9-1-10-26-49)62-58(46-88-74(95-62)53-33-17-5-18-34-53)92-78(61)100-71-68(85-43-51-29-13-3-14-30-51)64-60(48-90-76(97-64)55-37-21-7-22-38-55)94-80(71)101-72-69(86-44-52-31-15-4-16-32-52)65-59(47-89-77(98-65)56-39-23-8-24-40-56)93-79(72)99-70-67(84-42-50-27-11-2-12-28-50)63-57(91-73(70)82)45-87-75(96-63)54-35-19-6-20-36-54/h1-40,57-82H,41-48H2/t57?,58?,59?,60?,61?,62-,63-,64-,65-,66+,67-,68-,69-,70?,71?,72?,73?,74?,75?,76?,77?,78-,79-,80-/m0/s1. The topological polar surface area (TPSA) is 216 Å². The number of aliphatic hydroxyl groups is 2. The van der Waals surface area contributed by atoms with Crippen molar-refractivity contribution >= 4 is 0 Å². The summed E-state index contributed by atoms with van der Waals surface area (Å²) in [4.78, 5) is 0. The highest BCUT2D eigenvalue weighted by atomic mass is 16.8. The average Bonchev–Trinajstić information content (AvgIpc) is 0.753. The third-order valence-electron chi connectivity index (χ3n) is 19.5. The molecule has 2 N–H and O–H groups in total. The summed E-state index contributed by atoms with van der Waals surface area (Å²) in [6.07, 6.45) is -26.5. The molecular formula is C80H82O21. The Morgan fingerprint density at radius 3 is 0.832 bits per heavy atom. The summed E-state index contributed by atoms with van der Waals surface area (Å²) in [7, 11) is 0. The van der Waals surface area contributed by atoms with E-state index in [-0.39, 0.29) is 52.9 Å². The first kappa shape index (κ1) is 68.4. The summed E-state index contributed by atoms with van der Waals surface area (Å²) in [5.41, 5.74) is 6.48. The van der Waals surface area contributed by atoms with Gasteiger partial charge in [-0.25, -0.2) is 0 Å². The van der Waals surface area contributed by atoms with Crippen LogP contribution in [0.3, 0.4) is 0 Å². The normalized spacial score (nSPS) is 35.4. The second-order valence-electron chi connectivity index (χ2n) is 26.2. The van der Waals surface area contributed by atoms with Crippen LogP contribution in [-0.4, -0.2) is 159 Å². The number of ether oxygens (including phenoxy) is 19. The molecule has 0 radical (unpaired) electrons. The molecule has 8 aliphatic heterocycles. The summed E-state index contributed by atoms with van der Waals surface area (Å²) < 4.78 is 132. The maximum atomic E-state index is 13.2. The highest BCUT2D eigenvalue weighted by Crippen LogP contribution is 2.46. The lowest BCUT2D eigenvalue weighted by atomic mass is 9.94. The fourth-order valence-corrected chi connectivity index (χ4v) is 14.4. The zero-order valence-electron chi connectivity index (χ0n) is 55.3. The number of hydrogen-bond donors (Lipinski definition) is 2. The SMILES string of the molecule is OC1OC2COC(c3ccccc3)O[C@@H]2[C@H](OCc2ccccc2)C1O[C@@H]1OC2COC(c3ccccc3)O[C@@H]2[C@H](OCc2ccccc2)C1O[C@@H]1OC2COC(c3ccccc3)O[C@@H]2[C@H](OCc2ccccc2)C1O[C@@H]1OC2COC(c3ccccc3)O[C@@H]2[C@H](OCc2ccccc2)C1O. The summed E-state index contributed by atoms with van der Waals surface area (Å²) in [6.45, 7) is 0.446. The minimum absolute atomic E-state index is 0.00217. The van der Waals surface area contributed by atoms with Gasteiger partial charge in [-0.1, -0.05) is 243 Å². The van der Waals surface area contributed by atoms with Gasteiger partial charge < -0.3 is 100 Å². The minimum Gasteiger partial charge on any atom is -0.385 e. The zero-order valence-corrected chi connectivity index (χ0v) is 55.3. The van der Waals surface area contributed by atoms with Gasteiger partial charge in [-0.15, -0.1) is 0 Å². The molecule has 24 atom stereocenters. The van der Waals surface area contributed by atoms with Crippen LogP contribution in [0.1, 0.15) is 69.7 Å². The third kappa shape index (κ3) is 15.7. The molecule has 13 unspecified atom stereocenters. The predicted octanol–water partition coefficient (Wildman–Crippen LogP) is 10.2. The maximum Gasteiger partial charge on any atom is 0.187 e. The second kappa shape index (κ2) is 32.3. The first-order valence-corrected chi connectivity index (χ1v) is 34.7. The largest absolute Gasteiger partial charge is 0.385 e. The molecule has 8 aromatic carbocycles. The second-order valence-corrected chi connectivity index (χ2v) is 26.2. The lowest BCUT2D eigenvalue weighted by Crippen LogP contribution is -2.70. The molecule has 528 valence electrons. The maximum absolute atomic E-state index is 13.2. The van der Waals surface area contributed by atoms with Gasteiger partial charge in [0.25, 0.3) is 0 Å². The Morgan fingerprint density at radius 1 is 0.257 bits per heavy atom. The van der Waals surface area contributed by atoms with Crippen LogP contribution in [0.5, 0.6) is 0 Å². The molecule has 0 aliphatic carbocycles. The molecule has 16 rings (SSSR count). The number of aliphatic hydroxyl groups excluding tert-OH is 2. The van der Waals surface area contributed by atoms with Crippen molar-refractivity contribution in [2.24, 2.45) is 0 Å². The van der Waals surface area contributed by atoms with Gasteiger partial charge in [-0.3, -0.25) is 0 Å². The molecule has 0 spiro atoms. The van der Waals surface area contributed by atoms with Crippen LogP contribution in [0.25, 0.3) is 0 Å². The Balaban J connectivity index is 0.800. The monoisotopic (exact) mass is 1380 g/mol. The summed E-state index contributed by atoms with van der Waals surface area (Å²) >= 11 is 0. The van der Waals surface area contributed by atoms with E-state index in [1.807, 2.05) is 243 Å². The van der Waals surface area contributed by atoms with Crippen molar-refractivity contribution in [3.63, 3.8) is 0 Å². The first-order chi connectivity index (χ1) is 49.9. The predicted molar refractivity (Wildman–Crippen MR) is 358 cm³/mol. The van der Waals surface area contributed by atoms with E-state index >= 15 is 0 Å². The van der Waals surface area contributed by atoms with Crippen LogP contribution < -0.4 is 0 Å². The smallest absolute Gasteiger partial charge is 0.187 e. The van der Waals surface area contributed by atoms with Crippen LogP contribution in [-0.2, 0) is 116 Å². The third-order valence-corrected chi connectivity index (χ3v) is 19.5. The van der Waals surface area contributed by atoms with Gasteiger partial charge in [0.1, 0.15) is 97.7 Å². The van der Waals surface area contributed by atoms with Gasteiger partial charge in [0.05, 0.1) is 52.9 Å². The molecule has 0 bridgehead atoms. The van der Waals surface area contributed by atoms with Gasteiger partial charge in [-0.05, 0) is 22.3 Å². The number of fused-ring (bicyclic) bond motifs is 4. The molecule has 101 heavy (non-hydrogen) atoms. The van der Waals surface area contributed by atoms with Crippen molar-refractivity contribution in [2.45, 2.75) is 174 Å². The van der Waals surface area contributed by atoms with E-state index in [0.29, 0.717) is 0 Å². The number of rotatable bonds is 22. The lowest BCUT2D eigenvalue weighted by Gasteiger charge is -2.54. The van der Waals surface area contributed by atoms with Gasteiger partial charge in [-0.2, -0.15) is 0 Å². The molecule has 8 fully saturated rings. The Morgan fingerprint density at radius 2 is 0.505 bits per heavy atom. The van der Waals surface area contributed by atoms with Gasteiger partial charge in [0.2, 0.25) is 0 Å². The zero-order chi connectivity index (χ0) is 67.9. The molecule has 0 saturated carbocycles. The van der Waals surface area contributed by atoms with E-state index in [4.69, 9.17) is 90.0 Å². The molecule has 0 aromatic heterocycles. The molecule has 8 heterocycles. The van der Waals surface area contributed by atoms with Crippen molar-refractivity contribution in [3.05, 3.63) is 287 Å². The van der Waals surface area contributed by atoms with Crippen molar-refractivity contribution < 1.29 is 100 Å². The van der Waals surface area contributed by atoms with Crippen LogP contribution in [0.15, 0.2) is 243 Å². The van der Waals surface area contributed by atoms with Crippen LogP contribution >= 0.6 is 0 Å². The van der Waals surface area contributed by atoms with E-state index in [9.17, 15) is 10.2 Å². The highest BCUT2D eigenvalue weighted by Gasteiger charge is 2.61. The van der Waals surface area contributed by atoms with Crippen molar-refractivity contribution in [1.82, 2.24) is 0 Å². The van der Waals surface area contributed by atoms with E-state index in [0.717, 1.165) is 44.5 Å². The summed E-state index contributed by atoms with van der Waals surface area (Å²) in [5.74, 6) is 0. The molecule has 21 nitrogen and oxygen atoms in total. The minimum atomic E-state index is -1.65. The summed E-state index contributed by atoms with van der Waals surface area (Å²) in [6, 6.07) is 77.2. The molecule has 21 heteroatoms. The number of hydrogen-bond acceptors (Lipinski definition) is 21. The average molecular weight is 1380 g/mol. The Kier molecular flexibility index (Phi) is 21.9. The van der Waals surface area contributed by atoms with Crippen LogP contribution in [0.2, 0.25) is 0 Å². The molecule has 0 amide bonds. The van der Waals surface area contributed by atoms with Gasteiger partial charge in [0.15, 0.2) is 50.3 Å². The fourth-order valence-electron chi connectivity index (χ4n) is 14.4. The molecule has 8 aromatic rings. The van der Waals surface area contributed by atoms with Crippen LogP contribution in [0, 0.1) is 0 Å². The summed E-state index contributed by atoms with van der Waals surface area (Å²) in [5, 5.41) is 25.7. The van der Waals surface area contributed by atoms with Gasteiger partial charge >= 0.3 is 0 Å². The quantitative estimate of drug-likeness (QED) is 0.0645. The van der Waals surface area contributed by atoms with E-state index in [1.165, 1.54) is 0 Å². The molecule has 8 saturated heterocycles. The first-order valence-electron chi connectivity index (χ1n) is 34.7.